The summed E-state index contributed by atoms with van der Waals surface area (Å²) >= 11 is 1.37. The van der Waals surface area contributed by atoms with Crippen LogP contribution >= 0.6 is 11.3 Å². The number of carbonyl (C=O) groups excluding carboxylic acids is 1. The fraction of sp³-hybridized carbons (Fsp3) is 0.381. The van der Waals surface area contributed by atoms with Gasteiger partial charge in [-0.3, -0.25) is 9.48 Å². The molecule has 0 radical (unpaired) electrons. The molecule has 1 fully saturated rings. The van der Waals surface area contributed by atoms with E-state index in [4.69, 9.17) is 0 Å². The Balaban J connectivity index is 1.45. The molecular formula is C21H24FN5OS. The van der Waals surface area contributed by atoms with Gasteiger partial charge in [-0.1, -0.05) is 19.3 Å². The molecule has 1 N–H and O–H groups in total. The van der Waals surface area contributed by atoms with E-state index in [-0.39, 0.29) is 11.7 Å². The standard InChI is InChI=1S/C21H24FN5OS/c1-26-12-14(11-23-26)21-25-18(13-29-21)20(28)24-15-8-9-19(17(22)10-15)27(2)16-6-4-3-5-7-16/h8-13,16H,3-7H2,1-2H3,(H,24,28). The molecule has 0 atom stereocenters. The minimum Gasteiger partial charge on any atom is -0.369 e. The largest absolute Gasteiger partial charge is 0.369 e. The molecule has 152 valence electrons. The Labute approximate surface area is 173 Å². The molecule has 29 heavy (non-hydrogen) atoms. The van der Waals surface area contributed by atoms with Gasteiger partial charge in [0.2, 0.25) is 0 Å². The first kappa shape index (κ1) is 19.6. The topological polar surface area (TPSA) is 63.1 Å². The van der Waals surface area contributed by atoms with Crippen LogP contribution in [0.25, 0.3) is 10.6 Å². The van der Waals surface area contributed by atoms with Crippen molar-refractivity contribution in [1.82, 2.24) is 14.8 Å². The number of halogens is 1. The van der Waals surface area contributed by atoms with Crippen molar-refractivity contribution < 1.29 is 9.18 Å². The van der Waals surface area contributed by atoms with Gasteiger partial charge in [0, 0.05) is 43.0 Å². The van der Waals surface area contributed by atoms with E-state index in [2.05, 4.69) is 15.4 Å². The van der Waals surface area contributed by atoms with Gasteiger partial charge in [-0.2, -0.15) is 5.10 Å². The van der Waals surface area contributed by atoms with Crippen LogP contribution in [0, 0.1) is 5.82 Å². The third kappa shape index (κ3) is 4.32. The fourth-order valence-electron chi connectivity index (χ4n) is 3.77. The van der Waals surface area contributed by atoms with Crippen molar-refractivity contribution in [3.8, 4) is 10.6 Å². The summed E-state index contributed by atoms with van der Waals surface area (Å²) in [6.07, 6.45) is 9.39. The van der Waals surface area contributed by atoms with E-state index < -0.39 is 0 Å². The average Bonchev–Trinajstić information content (AvgIpc) is 3.37. The SMILES string of the molecule is CN(c1ccc(NC(=O)c2csc(-c3cnn(C)c3)n2)cc1F)C1CCCCC1. The van der Waals surface area contributed by atoms with E-state index in [1.807, 2.05) is 25.2 Å². The highest BCUT2D eigenvalue weighted by Gasteiger charge is 2.21. The monoisotopic (exact) mass is 413 g/mol. The number of benzene rings is 1. The van der Waals surface area contributed by atoms with Crippen LogP contribution in [0.1, 0.15) is 42.6 Å². The molecule has 2 aromatic heterocycles. The fourth-order valence-corrected chi connectivity index (χ4v) is 4.55. The first-order valence-electron chi connectivity index (χ1n) is 9.79. The van der Waals surface area contributed by atoms with Gasteiger partial charge in [-0.25, -0.2) is 9.37 Å². The highest BCUT2D eigenvalue weighted by Crippen LogP contribution is 2.29. The first-order chi connectivity index (χ1) is 14.0. The van der Waals surface area contributed by atoms with Crippen molar-refractivity contribution in [1.29, 1.82) is 0 Å². The molecule has 2 heterocycles. The summed E-state index contributed by atoms with van der Waals surface area (Å²) in [5.74, 6) is -0.686. The number of hydrogen-bond donors (Lipinski definition) is 1. The average molecular weight is 414 g/mol. The van der Waals surface area contributed by atoms with E-state index in [1.54, 1.807) is 28.4 Å². The zero-order valence-corrected chi connectivity index (χ0v) is 17.4. The van der Waals surface area contributed by atoms with Crippen molar-refractivity contribution >= 4 is 28.6 Å². The van der Waals surface area contributed by atoms with Gasteiger partial charge in [-0.15, -0.1) is 11.3 Å². The molecule has 6 nitrogen and oxygen atoms in total. The second kappa shape index (κ2) is 8.32. The van der Waals surface area contributed by atoms with Gasteiger partial charge in [0.25, 0.3) is 5.91 Å². The zero-order valence-electron chi connectivity index (χ0n) is 16.6. The Kier molecular flexibility index (Phi) is 5.62. The third-order valence-corrected chi connectivity index (χ3v) is 6.29. The molecule has 8 heteroatoms. The third-order valence-electron chi connectivity index (χ3n) is 5.40. The van der Waals surface area contributed by atoms with Crippen LogP contribution in [-0.4, -0.2) is 33.8 Å². The summed E-state index contributed by atoms with van der Waals surface area (Å²) < 4.78 is 16.4. The first-order valence-corrected chi connectivity index (χ1v) is 10.7. The Hall–Kier alpha value is -2.74. The predicted molar refractivity (Wildman–Crippen MR) is 114 cm³/mol. The second-order valence-corrected chi connectivity index (χ2v) is 8.32. The van der Waals surface area contributed by atoms with Crippen LogP contribution in [0.5, 0.6) is 0 Å². The Morgan fingerprint density at radius 2 is 2.10 bits per heavy atom. The molecule has 1 aliphatic carbocycles. The van der Waals surface area contributed by atoms with Crippen LogP contribution in [0.15, 0.2) is 36.0 Å². The van der Waals surface area contributed by atoms with Crippen molar-refractivity contribution in [2.24, 2.45) is 7.05 Å². The number of rotatable bonds is 5. The smallest absolute Gasteiger partial charge is 0.275 e. The van der Waals surface area contributed by atoms with Crippen molar-refractivity contribution in [3.05, 3.63) is 47.5 Å². The highest BCUT2D eigenvalue weighted by molar-refractivity contribution is 7.13. The summed E-state index contributed by atoms with van der Waals surface area (Å²) in [4.78, 5) is 18.9. The number of thiazole rings is 1. The Bertz CT molecular complexity index is 1010. The molecule has 1 amide bonds. The Morgan fingerprint density at radius 3 is 2.79 bits per heavy atom. The molecule has 1 aliphatic rings. The maximum atomic E-state index is 14.7. The number of carbonyl (C=O) groups is 1. The maximum absolute atomic E-state index is 14.7. The minimum absolute atomic E-state index is 0.303. The highest BCUT2D eigenvalue weighted by atomic mass is 32.1. The molecule has 0 saturated heterocycles. The lowest BCUT2D eigenvalue weighted by atomic mass is 9.94. The molecular weight excluding hydrogens is 389 g/mol. The lowest BCUT2D eigenvalue weighted by molar-refractivity contribution is 0.102. The van der Waals surface area contributed by atoms with E-state index in [1.165, 1.54) is 36.7 Å². The maximum Gasteiger partial charge on any atom is 0.275 e. The van der Waals surface area contributed by atoms with Crippen LogP contribution in [0.3, 0.4) is 0 Å². The lowest BCUT2D eigenvalue weighted by Crippen LogP contribution is -2.33. The second-order valence-electron chi connectivity index (χ2n) is 7.46. The molecule has 4 rings (SSSR count). The van der Waals surface area contributed by atoms with E-state index in [0.29, 0.717) is 23.1 Å². The number of anilines is 2. The van der Waals surface area contributed by atoms with Gasteiger partial charge >= 0.3 is 0 Å². The molecule has 0 unspecified atom stereocenters. The predicted octanol–water partition coefficient (Wildman–Crippen LogP) is 4.70. The van der Waals surface area contributed by atoms with Gasteiger partial charge in [0.05, 0.1) is 11.9 Å². The van der Waals surface area contributed by atoms with E-state index in [0.717, 1.165) is 23.4 Å². The summed E-state index contributed by atoms with van der Waals surface area (Å²) in [6, 6.07) is 5.23. The molecule has 1 aromatic carbocycles. The molecule has 0 bridgehead atoms. The number of aromatic nitrogens is 3. The van der Waals surface area contributed by atoms with Crippen molar-refractivity contribution in [3.63, 3.8) is 0 Å². The number of aryl methyl sites for hydroxylation is 1. The van der Waals surface area contributed by atoms with Gasteiger partial charge < -0.3 is 10.2 Å². The van der Waals surface area contributed by atoms with Crippen LogP contribution in [0.2, 0.25) is 0 Å². The summed E-state index contributed by atoms with van der Waals surface area (Å²) in [6.45, 7) is 0. The van der Waals surface area contributed by atoms with Crippen LogP contribution < -0.4 is 10.2 Å². The van der Waals surface area contributed by atoms with Crippen molar-refractivity contribution in [2.75, 3.05) is 17.3 Å². The number of amides is 1. The summed E-state index contributed by atoms with van der Waals surface area (Å²) in [5.41, 5.74) is 2.15. The number of nitrogens with zero attached hydrogens (tertiary/aromatic N) is 4. The lowest BCUT2D eigenvalue weighted by Gasteiger charge is -2.33. The van der Waals surface area contributed by atoms with Gasteiger partial charge in [0.1, 0.15) is 16.5 Å². The van der Waals surface area contributed by atoms with Crippen LogP contribution in [-0.2, 0) is 7.05 Å². The summed E-state index contributed by atoms with van der Waals surface area (Å²) in [7, 11) is 3.77. The zero-order chi connectivity index (χ0) is 20.4. The van der Waals surface area contributed by atoms with E-state index in [9.17, 15) is 9.18 Å². The molecule has 3 aromatic rings. The number of nitrogens with one attached hydrogen (secondary N) is 1. The normalized spacial score (nSPS) is 14.7. The van der Waals surface area contributed by atoms with Gasteiger partial charge in [-0.05, 0) is 31.0 Å². The molecule has 1 saturated carbocycles. The molecule has 0 spiro atoms. The quantitative estimate of drug-likeness (QED) is 0.658. The minimum atomic E-state index is -0.357. The summed E-state index contributed by atoms with van der Waals surface area (Å²) in [5, 5.41) is 9.27. The molecule has 0 aliphatic heterocycles. The van der Waals surface area contributed by atoms with Crippen molar-refractivity contribution in [2.45, 2.75) is 38.1 Å². The van der Waals surface area contributed by atoms with Gasteiger partial charge in [0.15, 0.2) is 0 Å². The van der Waals surface area contributed by atoms with E-state index >= 15 is 0 Å². The Morgan fingerprint density at radius 1 is 1.31 bits per heavy atom. The van der Waals surface area contributed by atoms with Crippen LogP contribution in [0.4, 0.5) is 15.8 Å². The number of hydrogen-bond acceptors (Lipinski definition) is 5.